The van der Waals surface area contributed by atoms with Gasteiger partial charge < -0.3 is 0 Å². The molecule has 5 rings (SSSR count). The van der Waals surface area contributed by atoms with Gasteiger partial charge in [0.2, 0.25) is 15.8 Å². The Labute approximate surface area is 203 Å². The molecule has 0 saturated heterocycles. The van der Waals surface area contributed by atoms with Gasteiger partial charge in [-0.25, -0.2) is 17.7 Å². The highest BCUT2D eigenvalue weighted by Gasteiger charge is 2.48. The zero-order valence-electron chi connectivity index (χ0n) is 18.5. The standard InChI is InChI=1S/C26H23N3O3S2/c1-33-26-27-25-23(29(26)21-15-9-4-10-16-21)24(30)22(17-19-11-5-2-6-12-19)34(31,32)28(25)18-20-13-7-3-8-14-20/h2-16,22H,17-18H2,1H3. The highest BCUT2D eigenvalue weighted by Crippen LogP contribution is 2.39. The number of thioether (sulfide) groups is 1. The maximum Gasteiger partial charge on any atom is 0.247 e. The zero-order chi connectivity index (χ0) is 23.7. The average Bonchev–Trinajstić information content (AvgIpc) is 3.26. The highest BCUT2D eigenvalue weighted by molar-refractivity contribution is 7.98. The van der Waals surface area contributed by atoms with Crippen LogP contribution in [0.5, 0.6) is 0 Å². The minimum absolute atomic E-state index is 0.0985. The lowest BCUT2D eigenvalue weighted by Gasteiger charge is -2.32. The van der Waals surface area contributed by atoms with Gasteiger partial charge in [-0.15, -0.1) is 0 Å². The van der Waals surface area contributed by atoms with Gasteiger partial charge in [0, 0.05) is 5.69 Å². The second kappa shape index (κ2) is 9.12. The number of para-hydroxylation sites is 1. The number of ketones is 1. The van der Waals surface area contributed by atoms with Crippen LogP contribution >= 0.6 is 11.8 Å². The molecule has 1 aromatic heterocycles. The number of imidazole rings is 1. The number of nitrogens with zero attached hydrogens (tertiary/aromatic N) is 3. The second-order valence-corrected chi connectivity index (χ2v) is 10.8. The number of rotatable bonds is 6. The molecule has 6 nitrogen and oxygen atoms in total. The number of hydrogen-bond acceptors (Lipinski definition) is 5. The lowest BCUT2D eigenvalue weighted by Crippen LogP contribution is -2.48. The van der Waals surface area contributed by atoms with Crippen molar-refractivity contribution in [2.24, 2.45) is 0 Å². The van der Waals surface area contributed by atoms with Gasteiger partial charge in [-0.2, -0.15) is 0 Å². The van der Waals surface area contributed by atoms with Crippen molar-refractivity contribution in [2.75, 3.05) is 10.6 Å². The number of Topliss-reactive ketones (excluding diaryl/α,β-unsaturated/α-hetero) is 1. The number of aromatic nitrogens is 2. The summed E-state index contributed by atoms with van der Waals surface area (Å²) in [7, 11) is -4.02. The maximum absolute atomic E-state index is 13.9. The van der Waals surface area contributed by atoms with E-state index in [4.69, 9.17) is 0 Å². The molecule has 34 heavy (non-hydrogen) atoms. The molecule has 1 unspecified atom stereocenters. The van der Waals surface area contributed by atoms with Crippen LogP contribution in [0.4, 0.5) is 5.82 Å². The summed E-state index contributed by atoms with van der Waals surface area (Å²) in [6.07, 6.45) is 1.97. The Kier molecular flexibility index (Phi) is 6.02. The van der Waals surface area contributed by atoms with Gasteiger partial charge in [0.25, 0.3) is 0 Å². The number of fused-ring (bicyclic) bond motifs is 1. The molecule has 0 amide bonds. The molecule has 4 aromatic rings. The third-order valence-electron chi connectivity index (χ3n) is 5.89. The van der Waals surface area contributed by atoms with Crippen LogP contribution in [0.2, 0.25) is 0 Å². The summed E-state index contributed by atoms with van der Waals surface area (Å²) >= 11 is 1.38. The molecule has 0 radical (unpaired) electrons. The van der Waals surface area contributed by atoms with Gasteiger partial charge >= 0.3 is 0 Å². The van der Waals surface area contributed by atoms with Crippen molar-refractivity contribution in [1.82, 2.24) is 9.55 Å². The monoisotopic (exact) mass is 489 g/mol. The Bertz CT molecular complexity index is 1420. The predicted molar refractivity (Wildman–Crippen MR) is 135 cm³/mol. The minimum atomic E-state index is -4.02. The number of hydrogen-bond donors (Lipinski definition) is 0. The molecule has 0 fully saturated rings. The number of carbonyl (C=O) groups excluding carboxylic acids is 1. The summed E-state index contributed by atoms with van der Waals surface area (Å²) in [6, 6.07) is 28.1. The van der Waals surface area contributed by atoms with E-state index in [-0.39, 0.29) is 18.8 Å². The summed E-state index contributed by atoms with van der Waals surface area (Å²) in [4.78, 5) is 18.5. The smallest absolute Gasteiger partial charge is 0.247 e. The van der Waals surface area contributed by atoms with Crippen LogP contribution in [0.1, 0.15) is 21.6 Å². The molecule has 0 aliphatic carbocycles. The molecule has 0 saturated carbocycles. The molecule has 8 heteroatoms. The van der Waals surface area contributed by atoms with Gasteiger partial charge in [-0.05, 0) is 35.9 Å². The van der Waals surface area contributed by atoms with Gasteiger partial charge in [-0.1, -0.05) is 90.6 Å². The fraction of sp³-hybridized carbons (Fsp3) is 0.154. The van der Waals surface area contributed by atoms with E-state index >= 15 is 0 Å². The Morgan fingerprint density at radius 2 is 1.41 bits per heavy atom. The highest BCUT2D eigenvalue weighted by atomic mass is 32.2. The first-order valence-electron chi connectivity index (χ1n) is 10.9. The molecule has 0 N–H and O–H groups in total. The Hall–Kier alpha value is -3.36. The molecule has 1 atom stereocenters. The maximum atomic E-state index is 13.9. The molecular weight excluding hydrogens is 466 g/mol. The van der Waals surface area contributed by atoms with Crippen molar-refractivity contribution in [3.8, 4) is 5.69 Å². The number of anilines is 1. The van der Waals surface area contributed by atoms with Crippen LogP contribution in [0, 0.1) is 0 Å². The molecule has 1 aliphatic rings. The van der Waals surface area contributed by atoms with Gasteiger partial charge in [0.05, 0.1) is 6.54 Å². The lowest BCUT2D eigenvalue weighted by atomic mass is 10.0. The summed E-state index contributed by atoms with van der Waals surface area (Å²) in [6.45, 7) is 0.106. The predicted octanol–water partition coefficient (Wildman–Crippen LogP) is 4.74. The minimum Gasteiger partial charge on any atom is -0.291 e. The first-order valence-corrected chi connectivity index (χ1v) is 13.6. The fourth-order valence-corrected chi connectivity index (χ4v) is 6.59. The van der Waals surface area contributed by atoms with Gasteiger partial charge in [0.15, 0.2) is 11.0 Å². The first kappa shape index (κ1) is 22.4. The second-order valence-electron chi connectivity index (χ2n) is 8.02. The Morgan fingerprint density at radius 3 is 2.00 bits per heavy atom. The van der Waals surface area contributed by atoms with Crippen LogP contribution < -0.4 is 4.31 Å². The normalized spacial score (nSPS) is 16.9. The van der Waals surface area contributed by atoms with Crippen LogP contribution in [0.25, 0.3) is 5.69 Å². The van der Waals surface area contributed by atoms with E-state index in [0.29, 0.717) is 10.9 Å². The van der Waals surface area contributed by atoms with E-state index in [2.05, 4.69) is 4.98 Å². The molecule has 2 heterocycles. The van der Waals surface area contributed by atoms with Gasteiger partial charge in [0.1, 0.15) is 10.9 Å². The Morgan fingerprint density at radius 1 is 0.853 bits per heavy atom. The number of carbonyl (C=O) groups is 1. The van der Waals surface area contributed by atoms with Crippen molar-refractivity contribution >= 4 is 33.4 Å². The van der Waals surface area contributed by atoms with E-state index in [1.165, 1.54) is 16.1 Å². The van der Waals surface area contributed by atoms with Crippen molar-refractivity contribution < 1.29 is 13.2 Å². The number of sulfonamides is 1. The third kappa shape index (κ3) is 3.93. The molecule has 0 spiro atoms. The first-order chi connectivity index (χ1) is 16.5. The topological polar surface area (TPSA) is 72.3 Å². The van der Waals surface area contributed by atoms with E-state index < -0.39 is 21.1 Å². The number of benzene rings is 3. The van der Waals surface area contributed by atoms with E-state index in [0.717, 1.165) is 16.8 Å². The molecule has 172 valence electrons. The van der Waals surface area contributed by atoms with E-state index in [9.17, 15) is 13.2 Å². The zero-order valence-corrected chi connectivity index (χ0v) is 20.2. The quantitative estimate of drug-likeness (QED) is 0.366. The van der Waals surface area contributed by atoms with Crippen LogP contribution in [-0.4, -0.2) is 35.3 Å². The SMILES string of the molecule is CSc1nc2c(n1-c1ccccc1)C(=O)C(Cc1ccccc1)S(=O)(=O)N2Cc1ccccc1. The van der Waals surface area contributed by atoms with E-state index in [1.54, 1.807) is 4.57 Å². The van der Waals surface area contributed by atoms with E-state index in [1.807, 2.05) is 97.3 Å². The van der Waals surface area contributed by atoms with Gasteiger partial charge in [-0.3, -0.25) is 9.36 Å². The van der Waals surface area contributed by atoms with Crippen LogP contribution in [0.15, 0.2) is 96.2 Å². The van der Waals surface area contributed by atoms with Crippen LogP contribution in [0.3, 0.4) is 0 Å². The van der Waals surface area contributed by atoms with Crippen molar-refractivity contribution in [3.63, 3.8) is 0 Å². The lowest BCUT2D eigenvalue weighted by molar-refractivity contribution is 0.0977. The summed E-state index contributed by atoms with van der Waals surface area (Å²) in [5, 5.41) is -0.668. The molecular formula is C26H23N3O3S2. The summed E-state index contributed by atoms with van der Waals surface area (Å²) < 4.78 is 30.9. The summed E-state index contributed by atoms with van der Waals surface area (Å²) in [5.74, 6) is -0.244. The Balaban J connectivity index is 1.72. The molecule has 0 bridgehead atoms. The van der Waals surface area contributed by atoms with Crippen molar-refractivity contribution in [1.29, 1.82) is 0 Å². The van der Waals surface area contributed by atoms with Crippen molar-refractivity contribution in [2.45, 2.75) is 23.4 Å². The largest absolute Gasteiger partial charge is 0.291 e. The molecule has 1 aliphatic heterocycles. The summed E-state index contributed by atoms with van der Waals surface area (Å²) in [5.41, 5.74) is 2.70. The average molecular weight is 490 g/mol. The van der Waals surface area contributed by atoms with Crippen molar-refractivity contribution in [3.05, 3.63) is 108 Å². The third-order valence-corrected chi connectivity index (χ3v) is 8.54. The van der Waals surface area contributed by atoms with Crippen LogP contribution in [-0.2, 0) is 23.0 Å². The fourth-order valence-electron chi connectivity index (χ4n) is 4.24. The molecule has 3 aromatic carbocycles.